The third-order valence-electron chi connectivity index (χ3n) is 5.45. The van der Waals surface area contributed by atoms with Crippen molar-refractivity contribution in [1.82, 2.24) is 10.2 Å². The lowest BCUT2D eigenvalue weighted by molar-refractivity contribution is 0.0920. The lowest BCUT2D eigenvalue weighted by atomic mass is 9.92. The Labute approximate surface area is 160 Å². The van der Waals surface area contributed by atoms with Gasteiger partial charge in [0.1, 0.15) is 5.58 Å². The average Bonchev–Trinajstić information content (AvgIpc) is 2.59. The SMILES string of the molecule is Cc1cc2oc(C(=O)NCCCN3C[C@H](C)C[C@@H](C)C3)cc(=O)c2cc1C. The Kier molecular flexibility index (Phi) is 6.00. The van der Waals surface area contributed by atoms with Gasteiger partial charge in [0.25, 0.3) is 5.91 Å². The number of nitrogens with one attached hydrogen (secondary N) is 1. The summed E-state index contributed by atoms with van der Waals surface area (Å²) in [6.07, 6.45) is 2.19. The van der Waals surface area contributed by atoms with E-state index in [1.54, 1.807) is 0 Å². The Hall–Kier alpha value is -2.14. The minimum Gasteiger partial charge on any atom is -0.451 e. The van der Waals surface area contributed by atoms with Crippen molar-refractivity contribution in [3.8, 4) is 0 Å². The van der Waals surface area contributed by atoms with Gasteiger partial charge in [-0.25, -0.2) is 0 Å². The first-order valence-corrected chi connectivity index (χ1v) is 9.89. The van der Waals surface area contributed by atoms with Crippen LogP contribution in [0.3, 0.4) is 0 Å². The quantitative estimate of drug-likeness (QED) is 0.818. The molecule has 0 saturated carbocycles. The molecular formula is C22H30N2O3. The maximum absolute atomic E-state index is 12.4. The number of fused-ring (bicyclic) bond motifs is 1. The molecule has 1 aliphatic heterocycles. The van der Waals surface area contributed by atoms with Gasteiger partial charge in [-0.05, 0) is 68.3 Å². The first kappa shape index (κ1) is 19.6. The van der Waals surface area contributed by atoms with Gasteiger partial charge in [-0.3, -0.25) is 9.59 Å². The van der Waals surface area contributed by atoms with Crippen molar-refractivity contribution in [3.05, 3.63) is 45.3 Å². The third-order valence-corrected chi connectivity index (χ3v) is 5.45. The van der Waals surface area contributed by atoms with Crippen molar-refractivity contribution < 1.29 is 9.21 Å². The van der Waals surface area contributed by atoms with Crippen molar-refractivity contribution >= 4 is 16.9 Å². The number of rotatable bonds is 5. The molecule has 27 heavy (non-hydrogen) atoms. The predicted octanol–water partition coefficient (Wildman–Crippen LogP) is 3.51. The van der Waals surface area contributed by atoms with E-state index in [4.69, 9.17) is 4.42 Å². The van der Waals surface area contributed by atoms with Crippen LogP contribution in [-0.2, 0) is 0 Å². The minimum absolute atomic E-state index is 0.0796. The fourth-order valence-corrected chi connectivity index (χ4v) is 4.09. The normalized spacial score (nSPS) is 20.7. The topological polar surface area (TPSA) is 62.6 Å². The van der Waals surface area contributed by atoms with Crippen LogP contribution in [0.25, 0.3) is 11.0 Å². The van der Waals surface area contributed by atoms with Gasteiger partial charge in [0.2, 0.25) is 0 Å². The Bertz CT molecular complexity index is 877. The minimum atomic E-state index is -0.326. The van der Waals surface area contributed by atoms with E-state index in [2.05, 4.69) is 24.1 Å². The van der Waals surface area contributed by atoms with E-state index >= 15 is 0 Å². The summed E-state index contributed by atoms with van der Waals surface area (Å²) in [6, 6.07) is 4.93. The van der Waals surface area contributed by atoms with Gasteiger partial charge in [-0.1, -0.05) is 13.8 Å². The maximum atomic E-state index is 12.4. The molecule has 146 valence electrons. The Balaban J connectivity index is 1.58. The second-order valence-electron chi connectivity index (χ2n) is 8.22. The molecule has 2 heterocycles. The zero-order valence-corrected chi connectivity index (χ0v) is 16.8. The van der Waals surface area contributed by atoms with Crippen molar-refractivity contribution in [2.75, 3.05) is 26.2 Å². The zero-order chi connectivity index (χ0) is 19.6. The molecule has 1 saturated heterocycles. The lowest BCUT2D eigenvalue weighted by Crippen LogP contribution is -2.40. The van der Waals surface area contributed by atoms with E-state index in [1.165, 1.54) is 12.5 Å². The van der Waals surface area contributed by atoms with E-state index in [0.717, 1.165) is 49.0 Å². The number of benzene rings is 1. The molecular weight excluding hydrogens is 340 g/mol. The van der Waals surface area contributed by atoms with Gasteiger partial charge in [-0.2, -0.15) is 0 Å². The summed E-state index contributed by atoms with van der Waals surface area (Å²) in [4.78, 5) is 27.2. The number of aryl methyl sites for hydroxylation is 2. The molecule has 1 aromatic carbocycles. The number of carbonyl (C=O) groups is 1. The molecule has 1 amide bonds. The number of amides is 1. The second-order valence-corrected chi connectivity index (χ2v) is 8.22. The lowest BCUT2D eigenvalue weighted by Gasteiger charge is -2.34. The molecule has 0 aliphatic carbocycles. The summed E-state index contributed by atoms with van der Waals surface area (Å²) >= 11 is 0. The van der Waals surface area contributed by atoms with Gasteiger partial charge in [-0.15, -0.1) is 0 Å². The van der Waals surface area contributed by atoms with Crippen LogP contribution in [0.1, 0.15) is 48.4 Å². The highest BCUT2D eigenvalue weighted by Crippen LogP contribution is 2.21. The summed E-state index contributed by atoms with van der Waals surface area (Å²) in [6.45, 7) is 12.3. The monoisotopic (exact) mass is 370 g/mol. The molecule has 5 nitrogen and oxygen atoms in total. The van der Waals surface area contributed by atoms with Crippen LogP contribution >= 0.6 is 0 Å². The largest absolute Gasteiger partial charge is 0.451 e. The molecule has 2 aromatic rings. The molecule has 0 unspecified atom stereocenters. The summed E-state index contributed by atoms with van der Waals surface area (Å²) in [5.41, 5.74) is 2.36. The number of hydrogen-bond donors (Lipinski definition) is 1. The van der Waals surface area contributed by atoms with E-state index in [9.17, 15) is 9.59 Å². The van der Waals surface area contributed by atoms with Crippen LogP contribution in [-0.4, -0.2) is 37.0 Å². The number of likely N-dealkylation sites (tertiary alicyclic amines) is 1. The van der Waals surface area contributed by atoms with Crippen LogP contribution < -0.4 is 10.7 Å². The third kappa shape index (κ3) is 4.78. The van der Waals surface area contributed by atoms with Gasteiger partial charge in [0, 0.05) is 25.7 Å². The molecule has 1 N–H and O–H groups in total. The fourth-order valence-electron chi connectivity index (χ4n) is 4.09. The summed E-state index contributed by atoms with van der Waals surface area (Å²) in [5.74, 6) is 1.23. The highest BCUT2D eigenvalue weighted by Gasteiger charge is 2.21. The van der Waals surface area contributed by atoms with Crippen LogP contribution in [0.15, 0.2) is 27.4 Å². The molecule has 0 spiro atoms. The number of hydrogen-bond acceptors (Lipinski definition) is 4. The first-order chi connectivity index (χ1) is 12.8. The van der Waals surface area contributed by atoms with Gasteiger partial charge < -0.3 is 14.6 Å². The van der Waals surface area contributed by atoms with Crippen molar-refractivity contribution in [2.24, 2.45) is 11.8 Å². The molecule has 1 aromatic heterocycles. The van der Waals surface area contributed by atoms with Gasteiger partial charge in [0.15, 0.2) is 11.2 Å². The smallest absolute Gasteiger partial charge is 0.287 e. The van der Waals surface area contributed by atoms with Crippen LogP contribution in [0.4, 0.5) is 0 Å². The molecule has 0 radical (unpaired) electrons. The van der Waals surface area contributed by atoms with E-state index in [1.807, 2.05) is 26.0 Å². The van der Waals surface area contributed by atoms with Gasteiger partial charge >= 0.3 is 0 Å². The molecule has 1 fully saturated rings. The highest BCUT2D eigenvalue weighted by molar-refractivity contribution is 5.93. The van der Waals surface area contributed by atoms with E-state index < -0.39 is 0 Å². The van der Waals surface area contributed by atoms with Crippen molar-refractivity contribution in [2.45, 2.75) is 40.5 Å². The molecule has 1 aliphatic rings. The number of carbonyl (C=O) groups excluding carboxylic acids is 1. The second kappa shape index (κ2) is 8.26. The summed E-state index contributed by atoms with van der Waals surface area (Å²) < 4.78 is 5.69. The Morgan fingerprint density at radius 2 is 1.81 bits per heavy atom. The molecule has 0 bridgehead atoms. The average molecular weight is 370 g/mol. The number of piperidine rings is 1. The highest BCUT2D eigenvalue weighted by atomic mass is 16.3. The Morgan fingerprint density at radius 3 is 2.52 bits per heavy atom. The molecule has 2 atom stereocenters. The zero-order valence-electron chi connectivity index (χ0n) is 16.8. The molecule has 5 heteroatoms. The number of nitrogens with zero attached hydrogens (tertiary/aromatic N) is 1. The van der Waals surface area contributed by atoms with E-state index in [-0.39, 0.29) is 17.1 Å². The molecule has 3 rings (SSSR count). The van der Waals surface area contributed by atoms with E-state index in [0.29, 0.717) is 17.5 Å². The van der Waals surface area contributed by atoms with Crippen molar-refractivity contribution in [1.29, 1.82) is 0 Å². The predicted molar refractivity (Wildman–Crippen MR) is 108 cm³/mol. The maximum Gasteiger partial charge on any atom is 0.287 e. The standard InChI is InChI=1S/C22H30N2O3/c1-14-8-15(2)13-24(12-14)7-5-6-23-22(26)21-11-19(25)18-9-16(3)17(4)10-20(18)27-21/h9-11,14-15H,5-8,12-13H2,1-4H3,(H,23,26)/t14-,15-/m1/s1. The van der Waals surface area contributed by atoms with Gasteiger partial charge in [0.05, 0.1) is 5.39 Å². The fraction of sp³-hybridized carbons (Fsp3) is 0.545. The van der Waals surface area contributed by atoms with Crippen molar-refractivity contribution in [3.63, 3.8) is 0 Å². The summed E-state index contributed by atoms with van der Waals surface area (Å²) in [7, 11) is 0. The van der Waals surface area contributed by atoms with Crippen LogP contribution in [0.5, 0.6) is 0 Å². The van der Waals surface area contributed by atoms with Crippen LogP contribution in [0.2, 0.25) is 0 Å². The van der Waals surface area contributed by atoms with Crippen LogP contribution in [0, 0.1) is 25.7 Å². The summed E-state index contributed by atoms with van der Waals surface area (Å²) in [5, 5.41) is 3.40. The Morgan fingerprint density at radius 1 is 1.15 bits per heavy atom. The first-order valence-electron chi connectivity index (χ1n) is 9.89.